The van der Waals surface area contributed by atoms with Gasteiger partial charge in [0.05, 0.1) is 14.9 Å². The zero-order chi connectivity index (χ0) is 19.8. The maximum absolute atomic E-state index is 12.8. The van der Waals surface area contributed by atoms with Crippen LogP contribution in [0.4, 0.5) is 5.69 Å². The van der Waals surface area contributed by atoms with Crippen molar-refractivity contribution in [2.75, 3.05) is 11.6 Å². The van der Waals surface area contributed by atoms with Crippen molar-refractivity contribution in [3.63, 3.8) is 0 Å². The van der Waals surface area contributed by atoms with E-state index in [1.165, 1.54) is 18.2 Å². The molecule has 27 heavy (non-hydrogen) atoms. The van der Waals surface area contributed by atoms with Crippen LogP contribution < -0.4 is 5.32 Å². The second kappa shape index (κ2) is 7.34. The first-order chi connectivity index (χ1) is 12.7. The first-order valence-corrected chi connectivity index (χ1v) is 10.4. The van der Waals surface area contributed by atoms with Gasteiger partial charge >= 0.3 is 0 Å². The number of aryl methyl sites for hydroxylation is 1. The van der Waals surface area contributed by atoms with Crippen LogP contribution in [-0.4, -0.2) is 25.7 Å². The average molecular weight is 425 g/mol. The summed E-state index contributed by atoms with van der Waals surface area (Å²) >= 11 is 12.4. The zero-order valence-corrected chi connectivity index (χ0v) is 16.6. The van der Waals surface area contributed by atoms with Crippen LogP contribution in [-0.2, 0) is 9.84 Å². The lowest BCUT2D eigenvalue weighted by Crippen LogP contribution is -2.14. The number of sulfone groups is 1. The summed E-state index contributed by atoms with van der Waals surface area (Å²) in [5.74, 6) is -0.247. The van der Waals surface area contributed by atoms with Gasteiger partial charge < -0.3 is 9.84 Å². The van der Waals surface area contributed by atoms with Gasteiger partial charge in [-0.2, -0.15) is 0 Å². The van der Waals surface area contributed by atoms with Crippen molar-refractivity contribution in [3.05, 3.63) is 63.8 Å². The minimum absolute atomic E-state index is 0.0942. The molecule has 1 N–H and O–H groups in total. The van der Waals surface area contributed by atoms with E-state index in [-0.39, 0.29) is 21.9 Å². The summed E-state index contributed by atoms with van der Waals surface area (Å²) in [5.41, 5.74) is 1.07. The van der Waals surface area contributed by atoms with Crippen LogP contribution in [0.1, 0.15) is 16.1 Å². The number of hydrogen-bond donors (Lipinski definition) is 1. The van der Waals surface area contributed by atoms with E-state index in [1.54, 1.807) is 31.2 Å². The van der Waals surface area contributed by atoms with Gasteiger partial charge in [0, 0.05) is 17.5 Å². The zero-order valence-electron chi connectivity index (χ0n) is 14.3. The molecule has 1 heterocycles. The van der Waals surface area contributed by atoms with Gasteiger partial charge in [-0.05, 0) is 37.3 Å². The Morgan fingerprint density at radius 3 is 2.37 bits per heavy atom. The van der Waals surface area contributed by atoms with Gasteiger partial charge in [0.2, 0.25) is 0 Å². The van der Waals surface area contributed by atoms with Crippen LogP contribution in [0.2, 0.25) is 10.0 Å². The summed E-state index contributed by atoms with van der Waals surface area (Å²) in [6.45, 7) is 1.59. The molecule has 0 bridgehead atoms. The largest absolute Gasteiger partial charge is 0.360 e. The summed E-state index contributed by atoms with van der Waals surface area (Å²) in [6, 6.07) is 10.9. The predicted octanol–water partition coefficient (Wildman–Crippen LogP) is 4.61. The van der Waals surface area contributed by atoms with Crippen molar-refractivity contribution in [2.45, 2.75) is 11.8 Å². The standard InChI is InChI=1S/C18H14Cl2N2O4S/c1-10-15(17(22-26-10)16-13(19)7-4-8-14(16)20)18(23)21-11-5-3-6-12(9-11)27(2,24)25/h3-9H,1-2H3,(H,21,23). The van der Waals surface area contributed by atoms with E-state index in [2.05, 4.69) is 10.5 Å². The van der Waals surface area contributed by atoms with E-state index in [9.17, 15) is 13.2 Å². The number of benzene rings is 2. The fourth-order valence-corrected chi connectivity index (χ4v) is 3.78. The number of rotatable bonds is 4. The molecule has 1 aromatic heterocycles. The number of hydrogen-bond acceptors (Lipinski definition) is 5. The Labute approximate surface area is 166 Å². The highest BCUT2D eigenvalue weighted by Gasteiger charge is 2.25. The number of nitrogens with zero attached hydrogens (tertiary/aromatic N) is 1. The Kier molecular flexibility index (Phi) is 5.28. The highest BCUT2D eigenvalue weighted by molar-refractivity contribution is 7.90. The normalized spacial score (nSPS) is 11.4. The van der Waals surface area contributed by atoms with Crippen molar-refractivity contribution in [1.82, 2.24) is 5.16 Å². The molecule has 0 unspecified atom stereocenters. The molecule has 0 saturated carbocycles. The van der Waals surface area contributed by atoms with Crippen LogP contribution in [0, 0.1) is 6.92 Å². The number of aromatic nitrogens is 1. The number of carbonyl (C=O) groups excluding carboxylic acids is 1. The SMILES string of the molecule is Cc1onc(-c2c(Cl)cccc2Cl)c1C(=O)Nc1cccc(S(C)(=O)=O)c1. The predicted molar refractivity (Wildman–Crippen MR) is 104 cm³/mol. The number of halogens is 2. The van der Waals surface area contributed by atoms with Gasteiger partial charge in [-0.25, -0.2) is 8.42 Å². The summed E-state index contributed by atoms with van der Waals surface area (Å²) < 4.78 is 28.6. The van der Waals surface area contributed by atoms with Crippen LogP contribution in [0.5, 0.6) is 0 Å². The molecular weight excluding hydrogens is 411 g/mol. The first-order valence-electron chi connectivity index (χ1n) is 7.70. The maximum atomic E-state index is 12.8. The molecule has 140 valence electrons. The molecule has 0 atom stereocenters. The molecule has 0 fully saturated rings. The second-order valence-electron chi connectivity index (χ2n) is 5.81. The molecule has 0 aliphatic rings. The van der Waals surface area contributed by atoms with Crippen LogP contribution in [0.15, 0.2) is 51.9 Å². The summed E-state index contributed by atoms with van der Waals surface area (Å²) in [6.07, 6.45) is 1.09. The lowest BCUT2D eigenvalue weighted by molar-refractivity contribution is 0.102. The van der Waals surface area contributed by atoms with E-state index >= 15 is 0 Å². The Morgan fingerprint density at radius 1 is 1.11 bits per heavy atom. The minimum Gasteiger partial charge on any atom is -0.360 e. The van der Waals surface area contributed by atoms with Crippen molar-refractivity contribution in [3.8, 4) is 11.3 Å². The Morgan fingerprint density at radius 2 is 1.74 bits per heavy atom. The van der Waals surface area contributed by atoms with Crippen molar-refractivity contribution in [1.29, 1.82) is 0 Å². The molecule has 0 saturated heterocycles. The minimum atomic E-state index is -3.40. The highest BCUT2D eigenvalue weighted by atomic mass is 35.5. The highest BCUT2D eigenvalue weighted by Crippen LogP contribution is 2.37. The van der Waals surface area contributed by atoms with Gasteiger partial charge in [0.25, 0.3) is 5.91 Å². The molecule has 0 spiro atoms. The van der Waals surface area contributed by atoms with Crippen molar-refractivity contribution < 1.29 is 17.7 Å². The molecule has 2 aromatic carbocycles. The maximum Gasteiger partial charge on any atom is 0.261 e. The number of nitrogens with one attached hydrogen (secondary N) is 1. The van der Waals surface area contributed by atoms with E-state index in [4.69, 9.17) is 27.7 Å². The molecule has 3 aromatic rings. The molecule has 3 rings (SSSR count). The fourth-order valence-electron chi connectivity index (χ4n) is 2.53. The average Bonchev–Trinajstić information content (AvgIpc) is 2.95. The Balaban J connectivity index is 2.01. The molecule has 0 aliphatic heterocycles. The van der Waals surface area contributed by atoms with Gasteiger partial charge in [0.15, 0.2) is 9.84 Å². The number of carbonyl (C=O) groups is 1. The summed E-state index contributed by atoms with van der Waals surface area (Å²) in [5, 5.41) is 7.23. The number of amides is 1. The van der Waals surface area contributed by atoms with Crippen LogP contribution in [0.25, 0.3) is 11.3 Å². The Bertz CT molecular complexity index is 1120. The molecule has 0 radical (unpaired) electrons. The van der Waals surface area contributed by atoms with Crippen molar-refractivity contribution in [2.24, 2.45) is 0 Å². The number of anilines is 1. The van der Waals surface area contributed by atoms with E-state index < -0.39 is 15.7 Å². The molecule has 9 heteroatoms. The second-order valence-corrected chi connectivity index (χ2v) is 8.64. The topological polar surface area (TPSA) is 89.3 Å². The van der Waals surface area contributed by atoms with Crippen LogP contribution in [0.3, 0.4) is 0 Å². The van der Waals surface area contributed by atoms with E-state index in [1.807, 2.05) is 0 Å². The quantitative estimate of drug-likeness (QED) is 0.659. The molecule has 1 amide bonds. The molecule has 0 aliphatic carbocycles. The van der Waals surface area contributed by atoms with Gasteiger partial charge in [-0.3, -0.25) is 4.79 Å². The lowest BCUT2D eigenvalue weighted by atomic mass is 10.1. The van der Waals surface area contributed by atoms with E-state index in [0.29, 0.717) is 21.3 Å². The smallest absolute Gasteiger partial charge is 0.261 e. The third-order valence-electron chi connectivity index (χ3n) is 3.81. The fraction of sp³-hybridized carbons (Fsp3) is 0.111. The lowest BCUT2D eigenvalue weighted by Gasteiger charge is -2.09. The summed E-state index contributed by atoms with van der Waals surface area (Å²) in [4.78, 5) is 12.9. The van der Waals surface area contributed by atoms with Crippen LogP contribution >= 0.6 is 23.2 Å². The third-order valence-corrected chi connectivity index (χ3v) is 5.55. The van der Waals surface area contributed by atoms with Gasteiger partial charge in [-0.1, -0.05) is 40.5 Å². The van der Waals surface area contributed by atoms with Gasteiger partial charge in [0.1, 0.15) is 17.0 Å². The third kappa shape index (κ3) is 4.00. The first kappa shape index (κ1) is 19.4. The Hall–Kier alpha value is -2.35. The molecular formula is C18H14Cl2N2O4S. The monoisotopic (exact) mass is 424 g/mol. The van der Waals surface area contributed by atoms with Gasteiger partial charge in [-0.15, -0.1) is 0 Å². The van der Waals surface area contributed by atoms with Crippen molar-refractivity contribution >= 4 is 44.6 Å². The van der Waals surface area contributed by atoms with E-state index in [0.717, 1.165) is 6.26 Å². The summed E-state index contributed by atoms with van der Waals surface area (Å²) in [7, 11) is -3.40. The molecule has 6 nitrogen and oxygen atoms in total.